The van der Waals surface area contributed by atoms with Gasteiger partial charge in [0.1, 0.15) is 6.04 Å². The van der Waals surface area contributed by atoms with E-state index in [0.29, 0.717) is 12.2 Å². The van der Waals surface area contributed by atoms with Gasteiger partial charge in [-0.15, -0.1) is 0 Å². The van der Waals surface area contributed by atoms with Crippen LogP contribution in [0.1, 0.15) is 44.0 Å². The number of carboxylic acid groups (broad SMARTS) is 1. The lowest BCUT2D eigenvalue weighted by Crippen LogP contribution is -2.29. The van der Waals surface area contributed by atoms with Crippen LogP contribution in [0.2, 0.25) is 0 Å². The molecule has 2 heterocycles. The molecule has 7 nitrogen and oxygen atoms in total. The first kappa shape index (κ1) is 14.5. The van der Waals surface area contributed by atoms with E-state index >= 15 is 0 Å². The Morgan fingerprint density at radius 2 is 2.35 bits per heavy atom. The number of carbonyl (C=O) groups is 1. The Kier molecular flexibility index (Phi) is 4.73. The third-order valence-corrected chi connectivity index (χ3v) is 3.54. The summed E-state index contributed by atoms with van der Waals surface area (Å²) in [5.41, 5.74) is 5.41. The van der Waals surface area contributed by atoms with Crippen LogP contribution in [0, 0.1) is 0 Å². The van der Waals surface area contributed by atoms with Gasteiger partial charge in [0, 0.05) is 12.5 Å². The lowest BCUT2D eigenvalue weighted by Gasteiger charge is -2.13. The average Bonchev–Trinajstić information content (AvgIpc) is 2.66. The largest absolute Gasteiger partial charge is 0.480 e. The summed E-state index contributed by atoms with van der Waals surface area (Å²) >= 11 is 0. The molecule has 0 amide bonds. The van der Waals surface area contributed by atoms with E-state index in [2.05, 4.69) is 5.16 Å². The van der Waals surface area contributed by atoms with E-state index in [4.69, 9.17) is 15.4 Å². The van der Waals surface area contributed by atoms with Crippen LogP contribution in [0.15, 0.2) is 21.5 Å². The number of hydrogen-bond acceptors (Lipinski definition) is 5. The van der Waals surface area contributed by atoms with Crippen molar-refractivity contribution < 1.29 is 14.4 Å². The van der Waals surface area contributed by atoms with E-state index < -0.39 is 17.8 Å². The predicted octanol–water partition coefficient (Wildman–Crippen LogP) is 0.852. The van der Waals surface area contributed by atoms with E-state index in [9.17, 15) is 9.59 Å². The third-order valence-electron chi connectivity index (χ3n) is 3.54. The first-order valence-corrected chi connectivity index (χ1v) is 6.80. The van der Waals surface area contributed by atoms with Gasteiger partial charge in [-0.3, -0.25) is 13.9 Å². The van der Waals surface area contributed by atoms with Crippen molar-refractivity contribution in [2.45, 2.75) is 50.6 Å². The Balaban J connectivity index is 1.99. The van der Waals surface area contributed by atoms with E-state index in [0.717, 1.165) is 25.7 Å². The third kappa shape index (κ3) is 3.36. The van der Waals surface area contributed by atoms with Crippen molar-refractivity contribution in [2.24, 2.45) is 5.73 Å². The van der Waals surface area contributed by atoms with Crippen molar-refractivity contribution in [2.75, 3.05) is 0 Å². The van der Waals surface area contributed by atoms with Gasteiger partial charge in [-0.2, -0.15) is 0 Å². The standard InChI is InChI=1S/C13H19N3O4/c14-10(12(17)18)7-3-1-5-9-6-2-4-8-11-15-20-13(19)16(9)11/h1,3,9-10H,2,4-8,14H2,(H,17,18)/b3-1+/t9-,10-/m0/s1. The Labute approximate surface area is 116 Å². The monoisotopic (exact) mass is 281 g/mol. The summed E-state index contributed by atoms with van der Waals surface area (Å²) in [4.78, 5) is 22.3. The molecular weight excluding hydrogens is 262 g/mol. The van der Waals surface area contributed by atoms with Crippen molar-refractivity contribution in [3.05, 3.63) is 28.5 Å². The summed E-state index contributed by atoms with van der Waals surface area (Å²) in [6, 6.07) is -0.849. The number of nitrogens with two attached hydrogens (primary N) is 1. The maximum Gasteiger partial charge on any atom is 0.441 e. The molecule has 0 saturated heterocycles. The number of aliphatic carboxylic acids is 1. The zero-order valence-corrected chi connectivity index (χ0v) is 11.2. The summed E-state index contributed by atoms with van der Waals surface area (Å²) < 4.78 is 6.33. The number of rotatable bonds is 5. The molecular formula is C13H19N3O4. The molecule has 20 heavy (non-hydrogen) atoms. The van der Waals surface area contributed by atoms with Crippen LogP contribution < -0.4 is 11.5 Å². The Bertz CT molecular complexity index is 546. The number of allylic oxidation sites excluding steroid dienone is 1. The minimum Gasteiger partial charge on any atom is -0.480 e. The maximum absolute atomic E-state index is 11.7. The van der Waals surface area contributed by atoms with Gasteiger partial charge in [0.25, 0.3) is 0 Å². The fourth-order valence-corrected chi connectivity index (χ4v) is 2.42. The first-order valence-electron chi connectivity index (χ1n) is 6.80. The minimum atomic E-state index is -1.01. The minimum absolute atomic E-state index is 0.0311. The molecule has 1 aromatic rings. The number of fused-ring (bicyclic) bond motifs is 1. The molecule has 0 aromatic carbocycles. The molecule has 0 bridgehead atoms. The highest BCUT2D eigenvalue weighted by Crippen LogP contribution is 2.24. The number of carboxylic acids is 1. The molecule has 2 rings (SSSR count). The fourth-order valence-electron chi connectivity index (χ4n) is 2.42. The lowest BCUT2D eigenvalue weighted by atomic mass is 10.1. The van der Waals surface area contributed by atoms with Crippen molar-refractivity contribution in [1.29, 1.82) is 0 Å². The Morgan fingerprint density at radius 1 is 1.55 bits per heavy atom. The van der Waals surface area contributed by atoms with Crippen molar-refractivity contribution in [1.82, 2.24) is 9.72 Å². The van der Waals surface area contributed by atoms with Gasteiger partial charge >= 0.3 is 11.7 Å². The summed E-state index contributed by atoms with van der Waals surface area (Å²) in [7, 11) is 0. The number of hydrogen-bond donors (Lipinski definition) is 2. The molecule has 110 valence electrons. The van der Waals surface area contributed by atoms with Gasteiger partial charge in [-0.05, 0) is 25.7 Å². The molecule has 0 spiro atoms. The molecule has 7 heteroatoms. The van der Waals surface area contributed by atoms with Crippen molar-refractivity contribution in [3.63, 3.8) is 0 Å². The van der Waals surface area contributed by atoms with E-state index in [1.165, 1.54) is 0 Å². The van der Waals surface area contributed by atoms with Gasteiger partial charge < -0.3 is 10.8 Å². The highest BCUT2D eigenvalue weighted by molar-refractivity contribution is 5.73. The van der Waals surface area contributed by atoms with Crippen molar-refractivity contribution in [3.8, 4) is 0 Å². The van der Waals surface area contributed by atoms with E-state index in [1.54, 1.807) is 10.6 Å². The molecule has 0 radical (unpaired) electrons. The van der Waals surface area contributed by atoms with Crippen LogP contribution in [-0.4, -0.2) is 26.8 Å². The smallest absolute Gasteiger partial charge is 0.441 e. The van der Waals surface area contributed by atoms with Gasteiger partial charge in [0.15, 0.2) is 5.82 Å². The second kappa shape index (κ2) is 6.51. The normalized spacial score (nSPS) is 20.6. The molecule has 1 aliphatic rings. The molecule has 3 N–H and O–H groups in total. The Hall–Kier alpha value is -1.89. The number of nitrogens with zero attached hydrogens (tertiary/aromatic N) is 2. The topological polar surface area (TPSA) is 111 Å². The molecule has 2 atom stereocenters. The summed E-state index contributed by atoms with van der Waals surface area (Å²) in [5, 5.41) is 12.5. The fraction of sp³-hybridized carbons (Fsp3) is 0.615. The van der Waals surface area contributed by atoms with Gasteiger partial charge in [-0.25, -0.2) is 4.79 Å². The van der Waals surface area contributed by atoms with Crippen molar-refractivity contribution >= 4 is 5.97 Å². The predicted molar refractivity (Wildman–Crippen MR) is 71.3 cm³/mol. The first-order chi connectivity index (χ1) is 9.59. The van der Waals surface area contributed by atoms with Gasteiger partial charge in [0.05, 0.1) is 0 Å². The van der Waals surface area contributed by atoms with Crippen LogP contribution in [-0.2, 0) is 11.2 Å². The van der Waals surface area contributed by atoms with Gasteiger partial charge in [-0.1, -0.05) is 23.7 Å². The molecule has 1 aromatic heterocycles. The summed E-state index contributed by atoms with van der Waals surface area (Å²) in [6.07, 6.45) is 8.25. The second-order valence-electron chi connectivity index (χ2n) is 5.02. The zero-order chi connectivity index (χ0) is 14.5. The van der Waals surface area contributed by atoms with E-state index in [1.807, 2.05) is 6.08 Å². The average molecular weight is 281 g/mol. The van der Waals surface area contributed by atoms with Crippen LogP contribution in [0.25, 0.3) is 0 Å². The van der Waals surface area contributed by atoms with Crippen LogP contribution in [0.4, 0.5) is 0 Å². The highest BCUT2D eigenvalue weighted by Gasteiger charge is 2.21. The van der Waals surface area contributed by atoms with Crippen LogP contribution in [0.5, 0.6) is 0 Å². The second-order valence-corrected chi connectivity index (χ2v) is 5.02. The Morgan fingerprint density at radius 3 is 3.10 bits per heavy atom. The summed E-state index contributed by atoms with van der Waals surface area (Å²) in [5.74, 6) is -0.725. The maximum atomic E-state index is 11.7. The summed E-state index contributed by atoms with van der Waals surface area (Å²) in [6.45, 7) is 0. The van der Waals surface area contributed by atoms with Crippen LogP contribution >= 0.6 is 0 Å². The van der Waals surface area contributed by atoms with Gasteiger partial charge in [0.2, 0.25) is 0 Å². The van der Waals surface area contributed by atoms with Crippen LogP contribution in [0.3, 0.4) is 0 Å². The number of aromatic nitrogens is 2. The molecule has 0 unspecified atom stereocenters. The SMILES string of the molecule is N[C@@H](C/C=C/C[C@H]1CCCCc2noc(=O)n21)C(=O)O. The number of aryl methyl sites for hydroxylation is 1. The quantitative estimate of drug-likeness (QED) is 0.774. The lowest BCUT2D eigenvalue weighted by molar-refractivity contribution is -0.138. The molecule has 0 saturated carbocycles. The molecule has 0 fully saturated rings. The van der Waals surface area contributed by atoms with E-state index in [-0.39, 0.29) is 12.5 Å². The molecule has 0 aliphatic carbocycles. The zero-order valence-electron chi connectivity index (χ0n) is 11.2. The molecule has 1 aliphatic heterocycles. The highest BCUT2D eigenvalue weighted by atomic mass is 16.5.